The molecule has 0 saturated carbocycles. The molecule has 2 N–H and O–H groups in total. The Morgan fingerprint density at radius 3 is 2.85 bits per heavy atom. The molecule has 0 amide bonds. The van der Waals surface area contributed by atoms with Crippen molar-refractivity contribution in [2.75, 3.05) is 19.8 Å². The highest BCUT2D eigenvalue weighted by Gasteiger charge is 2.25. The molecule has 1 aromatic carbocycles. The van der Waals surface area contributed by atoms with Crippen LogP contribution in [0.3, 0.4) is 0 Å². The van der Waals surface area contributed by atoms with E-state index in [0.29, 0.717) is 24.7 Å². The standard InChI is InChI=1S/C14H22N2O3S/c1-3-15-9-12-5-4-6-14(11(12)2)20(17,18)16-13-7-8-19-10-13/h4-6,13,15-16H,3,7-10H2,1-2H3. The van der Waals surface area contributed by atoms with Gasteiger partial charge in [0, 0.05) is 19.2 Å². The molecule has 1 aliphatic heterocycles. The summed E-state index contributed by atoms with van der Waals surface area (Å²) < 4.78 is 32.8. The Kier molecular flexibility index (Phi) is 5.15. The van der Waals surface area contributed by atoms with Crippen molar-refractivity contribution in [1.82, 2.24) is 10.0 Å². The lowest BCUT2D eigenvalue weighted by atomic mass is 10.1. The first-order chi connectivity index (χ1) is 9.54. The van der Waals surface area contributed by atoms with E-state index in [1.807, 2.05) is 19.9 Å². The first kappa shape index (κ1) is 15.4. The van der Waals surface area contributed by atoms with Crippen LogP contribution in [0.25, 0.3) is 0 Å². The largest absolute Gasteiger partial charge is 0.380 e. The summed E-state index contributed by atoms with van der Waals surface area (Å²) in [5.74, 6) is 0. The molecular formula is C14H22N2O3S. The molecule has 1 heterocycles. The van der Waals surface area contributed by atoms with Crippen molar-refractivity contribution >= 4 is 10.0 Å². The van der Waals surface area contributed by atoms with E-state index in [9.17, 15) is 8.42 Å². The molecule has 0 bridgehead atoms. The van der Waals surface area contributed by atoms with E-state index in [0.717, 1.165) is 24.1 Å². The Balaban J connectivity index is 2.22. The monoisotopic (exact) mass is 298 g/mol. The molecule has 1 aromatic rings. The number of sulfonamides is 1. The van der Waals surface area contributed by atoms with Gasteiger partial charge in [-0.1, -0.05) is 19.1 Å². The third-order valence-corrected chi connectivity index (χ3v) is 5.17. The zero-order valence-corrected chi connectivity index (χ0v) is 12.8. The number of rotatable bonds is 6. The maximum absolute atomic E-state index is 12.4. The normalized spacial score (nSPS) is 19.4. The van der Waals surface area contributed by atoms with Gasteiger partial charge in [0.2, 0.25) is 10.0 Å². The fourth-order valence-electron chi connectivity index (χ4n) is 2.31. The molecule has 1 unspecified atom stereocenters. The Morgan fingerprint density at radius 2 is 2.20 bits per heavy atom. The van der Waals surface area contributed by atoms with E-state index < -0.39 is 10.0 Å². The molecule has 1 saturated heterocycles. The van der Waals surface area contributed by atoms with Gasteiger partial charge in [-0.05, 0) is 37.1 Å². The minimum atomic E-state index is -3.48. The fourth-order valence-corrected chi connectivity index (χ4v) is 3.86. The molecule has 1 fully saturated rings. The minimum absolute atomic E-state index is 0.114. The predicted octanol–water partition coefficient (Wildman–Crippen LogP) is 1.17. The van der Waals surface area contributed by atoms with E-state index in [4.69, 9.17) is 4.74 Å². The molecule has 6 heteroatoms. The summed E-state index contributed by atoms with van der Waals surface area (Å²) >= 11 is 0. The molecule has 20 heavy (non-hydrogen) atoms. The van der Waals surface area contributed by atoms with Gasteiger partial charge < -0.3 is 10.1 Å². The zero-order chi connectivity index (χ0) is 14.6. The van der Waals surface area contributed by atoms with Crippen molar-refractivity contribution in [3.63, 3.8) is 0 Å². The molecular weight excluding hydrogens is 276 g/mol. The first-order valence-electron chi connectivity index (χ1n) is 6.94. The molecule has 0 spiro atoms. The zero-order valence-electron chi connectivity index (χ0n) is 12.0. The number of benzene rings is 1. The van der Waals surface area contributed by atoms with Crippen molar-refractivity contribution < 1.29 is 13.2 Å². The summed E-state index contributed by atoms with van der Waals surface area (Å²) in [5.41, 5.74) is 1.82. The van der Waals surface area contributed by atoms with Crippen molar-refractivity contribution in [3.05, 3.63) is 29.3 Å². The Labute approximate surface area is 120 Å². The number of hydrogen-bond donors (Lipinski definition) is 2. The second-order valence-electron chi connectivity index (χ2n) is 5.00. The Morgan fingerprint density at radius 1 is 1.40 bits per heavy atom. The van der Waals surface area contributed by atoms with E-state index in [1.54, 1.807) is 12.1 Å². The number of ether oxygens (including phenoxy) is 1. The lowest BCUT2D eigenvalue weighted by Gasteiger charge is -2.15. The Bertz CT molecular complexity index is 552. The fraction of sp³-hybridized carbons (Fsp3) is 0.571. The van der Waals surface area contributed by atoms with Crippen molar-refractivity contribution in [1.29, 1.82) is 0 Å². The van der Waals surface area contributed by atoms with Crippen LogP contribution in [0, 0.1) is 6.92 Å². The van der Waals surface area contributed by atoms with Crippen LogP contribution >= 0.6 is 0 Å². The lowest BCUT2D eigenvalue weighted by molar-refractivity contribution is 0.192. The molecule has 2 rings (SSSR count). The number of hydrogen-bond acceptors (Lipinski definition) is 4. The quantitative estimate of drug-likeness (QED) is 0.827. The van der Waals surface area contributed by atoms with Crippen molar-refractivity contribution in [3.8, 4) is 0 Å². The van der Waals surface area contributed by atoms with E-state index >= 15 is 0 Å². The molecule has 1 atom stereocenters. The van der Waals surface area contributed by atoms with Crippen molar-refractivity contribution in [2.24, 2.45) is 0 Å². The maximum Gasteiger partial charge on any atom is 0.241 e. The second kappa shape index (κ2) is 6.67. The van der Waals surface area contributed by atoms with E-state index in [1.165, 1.54) is 0 Å². The van der Waals surface area contributed by atoms with Gasteiger partial charge in [0.15, 0.2) is 0 Å². The molecule has 0 aromatic heterocycles. The maximum atomic E-state index is 12.4. The van der Waals surface area contributed by atoms with Gasteiger partial charge in [-0.15, -0.1) is 0 Å². The summed E-state index contributed by atoms with van der Waals surface area (Å²) in [5, 5.41) is 3.22. The van der Waals surface area contributed by atoms with Crippen LogP contribution in [0.2, 0.25) is 0 Å². The molecule has 5 nitrogen and oxygen atoms in total. The minimum Gasteiger partial charge on any atom is -0.380 e. The average molecular weight is 298 g/mol. The topological polar surface area (TPSA) is 67.4 Å². The summed E-state index contributed by atoms with van der Waals surface area (Å²) in [6.45, 7) is 6.48. The third kappa shape index (κ3) is 3.58. The van der Waals surface area contributed by atoms with Crippen LogP contribution < -0.4 is 10.0 Å². The van der Waals surface area contributed by atoms with Gasteiger partial charge in [-0.25, -0.2) is 13.1 Å². The van der Waals surface area contributed by atoms with E-state index in [-0.39, 0.29) is 6.04 Å². The number of nitrogens with one attached hydrogen (secondary N) is 2. The smallest absolute Gasteiger partial charge is 0.241 e. The first-order valence-corrected chi connectivity index (χ1v) is 8.42. The van der Waals surface area contributed by atoms with Gasteiger partial charge in [0.1, 0.15) is 0 Å². The summed E-state index contributed by atoms with van der Waals surface area (Å²) in [4.78, 5) is 0.361. The highest BCUT2D eigenvalue weighted by Crippen LogP contribution is 2.20. The van der Waals surface area contributed by atoms with Gasteiger partial charge in [-0.3, -0.25) is 0 Å². The highest BCUT2D eigenvalue weighted by atomic mass is 32.2. The van der Waals surface area contributed by atoms with Crippen LogP contribution in [0.4, 0.5) is 0 Å². The van der Waals surface area contributed by atoms with Crippen LogP contribution in [-0.4, -0.2) is 34.2 Å². The molecule has 0 aliphatic carbocycles. The predicted molar refractivity (Wildman–Crippen MR) is 78.1 cm³/mol. The molecule has 1 aliphatic rings. The average Bonchev–Trinajstić information content (AvgIpc) is 2.89. The van der Waals surface area contributed by atoms with E-state index in [2.05, 4.69) is 10.0 Å². The summed E-state index contributed by atoms with van der Waals surface area (Å²) in [6.07, 6.45) is 0.732. The lowest BCUT2D eigenvalue weighted by Crippen LogP contribution is -2.35. The highest BCUT2D eigenvalue weighted by molar-refractivity contribution is 7.89. The van der Waals surface area contributed by atoms with Crippen molar-refractivity contribution in [2.45, 2.75) is 37.8 Å². The van der Waals surface area contributed by atoms with Crippen LogP contribution in [0.5, 0.6) is 0 Å². The van der Waals surface area contributed by atoms with Gasteiger partial charge in [0.25, 0.3) is 0 Å². The van der Waals surface area contributed by atoms with Gasteiger partial charge in [0.05, 0.1) is 11.5 Å². The molecule has 0 radical (unpaired) electrons. The second-order valence-corrected chi connectivity index (χ2v) is 6.68. The summed E-state index contributed by atoms with van der Waals surface area (Å²) in [6, 6.07) is 5.29. The van der Waals surface area contributed by atoms with Gasteiger partial charge >= 0.3 is 0 Å². The van der Waals surface area contributed by atoms with Crippen LogP contribution in [-0.2, 0) is 21.3 Å². The summed E-state index contributed by atoms with van der Waals surface area (Å²) in [7, 11) is -3.48. The van der Waals surface area contributed by atoms with Gasteiger partial charge in [-0.2, -0.15) is 0 Å². The Hall–Kier alpha value is -0.950. The van der Waals surface area contributed by atoms with Crippen LogP contribution in [0.15, 0.2) is 23.1 Å². The SMILES string of the molecule is CCNCc1cccc(S(=O)(=O)NC2CCOC2)c1C. The van der Waals surface area contributed by atoms with Crippen LogP contribution in [0.1, 0.15) is 24.5 Å². The molecule has 112 valence electrons. The third-order valence-electron chi connectivity index (χ3n) is 3.50.